The van der Waals surface area contributed by atoms with Gasteiger partial charge in [-0.3, -0.25) is 14.4 Å². The van der Waals surface area contributed by atoms with Crippen LogP contribution < -0.4 is 10.6 Å². The van der Waals surface area contributed by atoms with Crippen molar-refractivity contribution in [1.29, 1.82) is 0 Å². The average molecular weight is 426 g/mol. The monoisotopic (exact) mass is 426 g/mol. The molecule has 0 unspecified atom stereocenters. The van der Waals surface area contributed by atoms with E-state index in [9.17, 15) is 24.0 Å². The van der Waals surface area contributed by atoms with Crippen molar-refractivity contribution in [3.63, 3.8) is 0 Å². The fourth-order valence-electron chi connectivity index (χ4n) is 3.61. The number of nitrogens with zero attached hydrogens (tertiary/aromatic N) is 2. The smallest absolute Gasteiger partial charge is 0.408 e. The van der Waals surface area contributed by atoms with Crippen LogP contribution in [0.1, 0.15) is 46.5 Å². The van der Waals surface area contributed by atoms with Crippen molar-refractivity contribution in [2.75, 3.05) is 26.2 Å². The third-order valence-electron chi connectivity index (χ3n) is 4.93. The van der Waals surface area contributed by atoms with Crippen LogP contribution in [0, 0.1) is 0 Å². The summed E-state index contributed by atoms with van der Waals surface area (Å²) in [6, 6.07) is -1.60. The summed E-state index contributed by atoms with van der Waals surface area (Å²) in [5.74, 6) is -2.42. The lowest BCUT2D eigenvalue weighted by Gasteiger charge is -2.26. The quantitative estimate of drug-likeness (QED) is 0.528. The molecule has 3 N–H and O–H groups in total. The molecule has 2 rings (SSSR count). The molecule has 2 fully saturated rings. The Kier molecular flexibility index (Phi) is 7.63. The number of likely N-dealkylation sites (tertiary alicyclic amines) is 2. The third kappa shape index (κ3) is 6.33. The molecule has 0 aromatic heterocycles. The number of carbonyl (C=O) groups is 5. The molecule has 2 aliphatic rings. The molecule has 168 valence electrons. The van der Waals surface area contributed by atoms with Gasteiger partial charge in [-0.1, -0.05) is 0 Å². The van der Waals surface area contributed by atoms with Gasteiger partial charge in [0.2, 0.25) is 17.7 Å². The molecular formula is C19H30N4O7. The lowest BCUT2D eigenvalue weighted by molar-refractivity contribution is -0.148. The van der Waals surface area contributed by atoms with Crippen LogP contribution in [0.5, 0.6) is 0 Å². The Hall–Kier alpha value is -2.85. The van der Waals surface area contributed by atoms with E-state index in [4.69, 9.17) is 9.84 Å². The zero-order valence-corrected chi connectivity index (χ0v) is 17.6. The predicted molar refractivity (Wildman–Crippen MR) is 104 cm³/mol. The molecule has 2 heterocycles. The van der Waals surface area contributed by atoms with Gasteiger partial charge in [-0.05, 0) is 46.5 Å². The molecule has 0 aromatic carbocycles. The second-order valence-corrected chi connectivity index (χ2v) is 8.40. The van der Waals surface area contributed by atoms with Crippen LogP contribution in [-0.2, 0) is 23.9 Å². The topological polar surface area (TPSA) is 145 Å². The molecule has 0 aliphatic carbocycles. The maximum atomic E-state index is 12.5. The minimum absolute atomic E-state index is 0.300. The summed E-state index contributed by atoms with van der Waals surface area (Å²) >= 11 is 0. The van der Waals surface area contributed by atoms with E-state index in [1.807, 2.05) is 0 Å². The maximum Gasteiger partial charge on any atom is 0.408 e. The Labute approximate surface area is 175 Å². The van der Waals surface area contributed by atoms with E-state index in [0.29, 0.717) is 38.8 Å². The fourth-order valence-corrected chi connectivity index (χ4v) is 3.61. The zero-order valence-electron chi connectivity index (χ0n) is 17.6. The second-order valence-electron chi connectivity index (χ2n) is 8.40. The number of carboxylic acid groups (broad SMARTS) is 1. The Bertz CT molecular complexity index is 703. The van der Waals surface area contributed by atoms with E-state index in [1.54, 1.807) is 20.8 Å². The molecule has 11 heteroatoms. The number of hydrogen-bond donors (Lipinski definition) is 3. The highest BCUT2D eigenvalue weighted by Crippen LogP contribution is 2.19. The maximum absolute atomic E-state index is 12.5. The molecule has 2 saturated heterocycles. The lowest BCUT2D eigenvalue weighted by atomic mass is 10.2. The number of alkyl carbamates (subject to hydrolysis) is 1. The van der Waals surface area contributed by atoms with Crippen LogP contribution in [0.4, 0.5) is 4.79 Å². The number of aliphatic carboxylic acids is 1. The molecule has 0 radical (unpaired) electrons. The van der Waals surface area contributed by atoms with Gasteiger partial charge in [-0.15, -0.1) is 0 Å². The number of rotatable bonds is 6. The molecular weight excluding hydrogens is 396 g/mol. The average Bonchev–Trinajstić information content (AvgIpc) is 3.31. The van der Waals surface area contributed by atoms with Crippen molar-refractivity contribution in [3.05, 3.63) is 0 Å². The first-order chi connectivity index (χ1) is 14.0. The largest absolute Gasteiger partial charge is 0.480 e. The number of carbonyl (C=O) groups excluding carboxylic acids is 4. The van der Waals surface area contributed by atoms with Gasteiger partial charge in [0.15, 0.2) is 0 Å². The van der Waals surface area contributed by atoms with E-state index in [0.717, 1.165) is 0 Å². The van der Waals surface area contributed by atoms with Crippen molar-refractivity contribution in [2.45, 2.75) is 64.1 Å². The summed E-state index contributed by atoms with van der Waals surface area (Å²) in [7, 11) is 0. The highest BCUT2D eigenvalue weighted by molar-refractivity contribution is 5.93. The normalized spacial score (nSPS) is 21.3. The Morgan fingerprint density at radius 1 is 0.900 bits per heavy atom. The number of nitrogens with one attached hydrogen (secondary N) is 2. The van der Waals surface area contributed by atoms with Gasteiger partial charge in [0.1, 0.15) is 24.2 Å². The van der Waals surface area contributed by atoms with E-state index in [-0.39, 0.29) is 13.1 Å². The molecule has 2 aliphatic heterocycles. The molecule has 0 saturated carbocycles. The summed E-state index contributed by atoms with van der Waals surface area (Å²) < 4.78 is 5.08. The van der Waals surface area contributed by atoms with Gasteiger partial charge in [-0.2, -0.15) is 0 Å². The van der Waals surface area contributed by atoms with Crippen molar-refractivity contribution in [1.82, 2.24) is 20.4 Å². The molecule has 0 bridgehead atoms. The van der Waals surface area contributed by atoms with E-state index in [1.165, 1.54) is 9.80 Å². The third-order valence-corrected chi connectivity index (χ3v) is 4.93. The first-order valence-electron chi connectivity index (χ1n) is 10.1. The van der Waals surface area contributed by atoms with Gasteiger partial charge in [0.25, 0.3) is 0 Å². The first-order valence-corrected chi connectivity index (χ1v) is 10.1. The van der Waals surface area contributed by atoms with Crippen LogP contribution >= 0.6 is 0 Å². The molecule has 2 atom stereocenters. The Balaban J connectivity index is 1.83. The second kappa shape index (κ2) is 9.77. The summed E-state index contributed by atoms with van der Waals surface area (Å²) in [5.41, 5.74) is -0.690. The highest BCUT2D eigenvalue weighted by Gasteiger charge is 2.36. The number of amides is 4. The summed E-state index contributed by atoms with van der Waals surface area (Å²) in [6.45, 7) is 5.21. The Morgan fingerprint density at radius 3 is 1.93 bits per heavy atom. The molecule has 11 nitrogen and oxygen atoms in total. The molecule has 0 aromatic rings. The van der Waals surface area contributed by atoms with Crippen LogP contribution in [0.15, 0.2) is 0 Å². The minimum atomic E-state index is -1.06. The van der Waals surface area contributed by atoms with Gasteiger partial charge in [0, 0.05) is 13.1 Å². The van der Waals surface area contributed by atoms with Gasteiger partial charge >= 0.3 is 12.1 Å². The minimum Gasteiger partial charge on any atom is -0.480 e. The highest BCUT2D eigenvalue weighted by atomic mass is 16.6. The Morgan fingerprint density at radius 2 is 1.40 bits per heavy atom. The van der Waals surface area contributed by atoms with E-state index in [2.05, 4.69) is 10.6 Å². The fraction of sp³-hybridized carbons (Fsp3) is 0.737. The SMILES string of the molecule is CC(C)(C)OC(=O)NCC(=O)N1CCC[C@H]1C(=O)NCC(=O)N1CCC[C@H]1C(=O)O. The van der Waals surface area contributed by atoms with E-state index >= 15 is 0 Å². The summed E-state index contributed by atoms with van der Waals surface area (Å²) in [4.78, 5) is 62.8. The number of hydrogen-bond acceptors (Lipinski definition) is 6. The van der Waals surface area contributed by atoms with Crippen LogP contribution in [0.3, 0.4) is 0 Å². The van der Waals surface area contributed by atoms with Gasteiger partial charge < -0.3 is 30.3 Å². The zero-order chi connectivity index (χ0) is 22.5. The van der Waals surface area contributed by atoms with Gasteiger partial charge in [-0.25, -0.2) is 9.59 Å². The number of carboxylic acids is 1. The van der Waals surface area contributed by atoms with Crippen molar-refractivity contribution < 1.29 is 33.8 Å². The van der Waals surface area contributed by atoms with Crippen LogP contribution in [0.2, 0.25) is 0 Å². The van der Waals surface area contributed by atoms with Crippen molar-refractivity contribution in [3.8, 4) is 0 Å². The molecule has 0 spiro atoms. The summed E-state index contributed by atoms with van der Waals surface area (Å²) in [6.07, 6.45) is 1.34. The van der Waals surface area contributed by atoms with Gasteiger partial charge in [0.05, 0.1) is 6.54 Å². The molecule has 4 amide bonds. The molecule has 30 heavy (non-hydrogen) atoms. The summed E-state index contributed by atoms with van der Waals surface area (Å²) in [5, 5.41) is 14.1. The standard InChI is InChI=1S/C19H30N4O7/c1-19(2,3)30-18(29)21-11-15(25)22-8-4-6-12(22)16(26)20-10-14(24)23-9-5-7-13(23)17(27)28/h12-13H,4-11H2,1-3H3,(H,20,26)(H,21,29)(H,27,28)/t12-,13-/m0/s1. The number of ether oxygens (including phenoxy) is 1. The first kappa shape index (κ1) is 23.4. The van der Waals surface area contributed by atoms with E-state index < -0.39 is 47.5 Å². The van der Waals surface area contributed by atoms with Crippen molar-refractivity contribution >= 4 is 29.8 Å². The van der Waals surface area contributed by atoms with Crippen molar-refractivity contribution in [2.24, 2.45) is 0 Å². The van der Waals surface area contributed by atoms with Crippen LogP contribution in [0.25, 0.3) is 0 Å². The predicted octanol–water partition coefficient (Wildman–Crippen LogP) is -0.306. The lowest BCUT2D eigenvalue weighted by Crippen LogP contribution is -2.51. The van der Waals surface area contributed by atoms with Crippen LogP contribution in [-0.4, -0.2) is 88.6 Å².